The van der Waals surface area contributed by atoms with Gasteiger partial charge in [0.2, 0.25) is 0 Å². The summed E-state index contributed by atoms with van der Waals surface area (Å²) in [5.74, 6) is -0.0696. The van der Waals surface area contributed by atoms with Gasteiger partial charge in [-0.05, 0) is 18.2 Å². The number of carbonyl (C=O) groups is 1. The number of benzene rings is 1. The quantitative estimate of drug-likeness (QED) is 0.706. The van der Waals surface area contributed by atoms with E-state index < -0.39 is 0 Å². The number of halogens is 1. The van der Waals surface area contributed by atoms with E-state index in [1.54, 1.807) is 30.1 Å². The van der Waals surface area contributed by atoms with Gasteiger partial charge in [-0.25, -0.2) is 0 Å². The van der Waals surface area contributed by atoms with Crippen LogP contribution in [-0.4, -0.2) is 29.4 Å². The van der Waals surface area contributed by atoms with Gasteiger partial charge in [0, 0.05) is 12.1 Å². The van der Waals surface area contributed by atoms with Crippen molar-refractivity contribution in [3.8, 4) is 0 Å². The highest BCUT2D eigenvalue weighted by Crippen LogP contribution is 2.24. The lowest BCUT2D eigenvalue weighted by Crippen LogP contribution is -2.30. The van der Waals surface area contributed by atoms with E-state index in [1.807, 2.05) is 0 Å². The van der Waals surface area contributed by atoms with Crippen LogP contribution in [-0.2, 0) is 0 Å². The molecule has 0 radical (unpaired) electrons. The highest BCUT2D eigenvalue weighted by molar-refractivity contribution is 7.80. The zero-order valence-electron chi connectivity index (χ0n) is 8.08. The van der Waals surface area contributed by atoms with Gasteiger partial charge in [0.15, 0.2) is 0 Å². The van der Waals surface area contributed by atoms with Gasteiger partial charge in [-0.3, -0.25) is 4.79 Å². The van der Waals surface area contributed by atoms with Crippen LogP contribution in [0.25, 0.3) is 0 Å². The Kier molecular flexibility index (Phi) is 2.63. The normalized spacial score (nSPS) is 15.7. The Hall–Kier alpha value is -1.13. The summed E-state index contributed by atoms with van der Waals surface area (Å²) in [6.07, 6.45) is 0. The number of fused-ring (bicyclic) bond motifs is 1. The van der Waals surface area contributed by atoms with Crippen LogP contribution in [0.4, 0.5) is 5.69 Å². The SMILES string of the molecule is CN1CC(=S)Nc2ccc(Cl)cc2C1=O. The van der Waals surface area contributed by atoms with Crippen molar-refractivity contribution < 1.29 is 4.79 Å². The van der Waals surface area contributed by atoms with E-state index in [2.05, 4.69) is 5.32 Å². The number of anilines is 1. The van der Waals surface area contributed by atoms with Crippen LogP contribution >= 0.6 is 23.8 Å². The van der Waals surface area contributed by atoms with Crippen LogP contribution in [0.15, 0.2) is 18.2 Å². The van der Waals surface area contributed by atoms with Gasteiger partial charge in [-0.2, -0.15) is 0 Å². The summed E-state index contributed by atoms with van der Waals surface area (Å²) < 4.78 is 0. The molecule has 0 saturated carbocycles. The molecule has 1 N–H and O–H groups in total. The molecule has 0 bridgehead atoms. The van der Waals surface area contributed by atoms with E-state index in [9.17, 15) is 4.79 Å². The molecule has 3 nitrogen and oxygen atoms in total. The third-order valence-corrected chi connectivity index (χ3v) is 2.68. The third-order valence-electron chi connectivity index (χ3n) is 2.21. The van der Waals surface area contributed by atoms with Crippen LogP contribution in [0.5, 0.6) is 0 Å². The Morgan fingerprint density at radius 3 is 3.00 bits per heavy atom. The van der Waals surface area contributed by atoms with E-state index >= 15 is 0 Å². The van der Waals surface area contributed by atoms with Crippen molar-refractivity contribution in [2.24, 2.45) is 0 Å². The maximum absolute atomic E-state index is 11.9. The van der Waals surface area contributed by atoms with Crippen LogP contribution in [0.2, 0.25) is 5.02 Å². The maximum atomic E-state index is 11.9. The summed E-state index contributed by atoms with van der Waals surface area (Å²) in [5.41, 5.74) is 1.28. The number of thiocarbonyl (C=S) groups is 1. The molecule has 2 rings (SSSR count). The molecule has 1 aliphatic heterocycles. The van der Waals surface area contributed by atoms with Gasteiger partial charge < -0.3 is 10.2 Å². The van der Waals surface area contributed by atoms with Crippen LogP contribution in [0.3, 0.4) is 0 Å². The standard InChI is InChI=1S/C10H9ClN2OS/c1-13-5-9(15)12-8-3-2-6(11)4-7(8)10(13)14/h2-4H,5H2,1H3,(H,12,15). The highest BCUT2D eigenvalue weighted by atomic mass is 35.5. The Morgan fingerprint density at radius 2 is 2.27 bits per heavy atom. The first kappa shape index (κ1) is 10.4. The molecule has 1 aliphatic rings. The number of nitrogens with zero attached hydrogens (tertiary/aromatic N) is 1. The van der Waals surface area contributed by atoms with Crippen molar-refractivity contribution in [2.45, 2.75) is 0 Å². The minimum absolute atomic E-state index is 0.0696. The molecule has 0 spiro atoms. The summed E-state index contributed by atoms with van der Waals surface area (Å²) >= 11 is 10.9. The van der Waals surface area contributed by atoms with Crippen molar-refractivity contribution in [3.63, 3.8) is 0 Å². The van der Waals surface area contributed by atoms with Crippen LogP contribution < -0.4 is 5.32 Å². The summed E-state index contributed by atoms with van der Waals surface area (Å²) in [5, 5.41) is 3.57. The number of likely N-dealkylation sites (N-methyl/N-ethyl adjacent to an activating group) is 1. The van der Waals surface area contributed by atoms with E-state index in [0.29, 0.717) is 22.1 Å². The summed E-state index contributed by atoms with van der Waals surface area (Å²) in [4.78, 5) is 14.1. The minimum atomic E-state index is -0.0696. The summed E-state index contributed by atoms with van der Waals surface area (Å²) in [6.45, 7) is 0.431. The average Bonchev–Trinajstić information content (AvgIpc) is 2.27. The molecule has 0 aromatic heterocycles. The van der Waals surface area contributed by atoms with Gasteiger partial charge in [0.1, 0.15) is 0 Å². The topological polar surface area (TPSA) is 32.3 Å². The molecule has 1 amide bonds. The number of hydrogen-bond donors (Lipinski definition) is 1. The molecular weight excluding hydrogens is 232 g/mol. The molecule has 0 unspecified atom stereocenters. The predicted molar refractivity (Wildman–Crippen MR) is 64.6 cm³/mol. The van der Waals surface area contributed by atoms with Gasteiger partial charge in [-0.1, -0.05) is 23.8 Å². The Bertz CT molecular complexity index is 447. The zero-order chi connectivity index (χ0) is 11.0. The lowest BCUT2D eigenvalue weighted by atomic mass is 10.1. The Labute approximate surface area is 98.0 Å². The fraction of sp³-hybridized carbons (Fsp3) is 0.200. The Balaban J connectivity index is 2.55. The maximum Gasteiger partial charge on any atom is 0.256 e. The smallest absolute Gasteiger partial charge is 0.256 e. The number of amides is 1. The van der Waals surface area contributed by atoms with Gasteiger partial charge >= 0.3 is 0 Å². The number of hydrogen-bond acceptors (Lipinski definition) is 2. The fourth-order valence-corrected chi connectivity index (χ4v) is 1.96. The minimum Gasteiger partial charge on any atom is -0.348 e. The summed E-state index contributed by atoms with van der Waals surface area (Å²) in [7, 11) is 1.71. The van der Waals surface area contributed by atoms with Crippen molar-refractivity contribution in [2.75, 3.05) is 18.9 Å². The first-order valence-electron chi connectivity index (χ1n) is 4.43. The molecule has 1 heterocycles. The second kappa shape index (κ2) is 3.79. The molecule has 0 saturated heterocycles. The average molecular weight is 241 g/mol. The molecule has 0 fully saturated rings. The van der Waals surface area contributed by atoms with Crippen molar-refractivity contribution >= 4 is 40.4 Å². The molecule has 1 aromatic carbocycles. The lowest BCUT2D eigenvalue weighted by Gasteiger charge is -2.13. The number of rotatable bonds is 0. The fourth-order valence-electron chi connectivity index (χ4n) is 1.48. The first-order valence-corrected chi connectivity index (χ1v) is 5.21. The monoisotopic (exact) mass is 240 g/mol. The second-order valence-corrected chi connectivity index (χ2v) is 4.33. The van der Waals surface area contributed by atoms with Gasteiger partial charge in [-0.15, -0.1) is 0 Å². The van der Waals surface area contributed by atoms with Crippen molar-refractivity contribution in [3.05, 3.63) is 28.8 Å². The van der Waals surface area contributed by atoms with Crippen molar-refractivity contribution in [1.29, 1.82) is 0 Å². The van der Waals surface area contributed by atoms with E-state index in [0.717, 1.165) is 5.69 Å². The predicted octanol–water partition coefficient (Wildman–Crippen LogP) is 2.16. The van der Waals surface area contributed by atoms with Gasteiger partial charge in [0.05, 0.1) is 22.8 Å². The number of nitrogens with one attached hydrogen (secondary N) is 1. The molecule has 78 valence electrons. The van der Waals surface area contributed by atoms with E-state index in [4.69, 9.17) is 23.8 Å². The molecular formula is C10H9ClN2OS. The number of carbonyl (C=O) groups excluding carboxylic acids is 1. The molecule has 0 aliphatic carbocycles. The summed E-state index contributed by atoms with van der Waals surface area (Å²) in [6, 6.07) is 5.15. The second-order valence-electron chi connectivity index (χ2n) is 3.40. The van der Waals surface area contributed by atoms with Gasteiger partial charge in [0.25, 0.3) is 5.91 Å². The zero-order valence-corrected chi connectivity index (χ0v) is 9.65. The highest BCUT2D eigenvalue weighted by Gasteiger charge is 2.21. The molecule has 1 aromatic rings. The Morgan fingerprint density at radius 1 is 1.53 bits per heavy atom. The lowest BCUT2D eigenvalue weighted by molar-refractivity contribution is 0.0818. The van der Waals surface area contributed by atoms with Crippen molar-refractivity contribution in [1.82, 2.24) is 4.90 Å². The molecule has 5 heteroatoms. The van der Waals surface area contributed by atoms with Crippen LogP contribution in [0, 0.1) is 0 Å². The van der Waals surface area contributed by atoms with E-state index in [-0.39, 0.29) is 5.91 Å². The van der Waals surface area contributed by atoms with E-state index in [1.165, 1.54) is 0 Å². The largest absolute Gasteiger partial charge is 0.348 e. The molecule has 15 heavy (non-hydrogen) atoms. The first-order chi connectivity index (χ1) is 7.08. The third kappa shape index (κ3) is 1.96. The molecule has 0 atom stereocenters. The van der Waals surface area contributed by atoms with Crippen LogP contribution in [0.1, 0.15) is 10.4 Å².